The molecule has 1 atom stereocenters. The van der Waals surface area contributed by atoms with Crippen molar-refractivity contribution >= 4 is 0 Å². The lowest BCUT2D eigenvalue weighted by Gasteiger charge is -2.01. The zero-order valence-electron chi connectivity index (χ0n) is 9.01. The first-order valence-electron chi connectivity index (χ1n) is 5.46. The van der Waals surface area contributed by atoms with Crippen LogP contribution in [0.25, 0.3) is 11.6 Å². The van der Waals surface area contributed by atoms with Crippen LogP contribution >= 0.6 is 0 Å². The normalized spacial score (nSPS) is 19.6. The number of nitrogens with one attached hydrogen (secondary N) is 2. The predicted molar refractivity (Wildman–Crippen MR) is 58.1 cm³/mol. The summed E-state index contributed by atoms with van der Waals surface area (Å²) in [4.78, 5) is 15.1. The van der Waals surface area contributed by atoms with Crippen molar-refractivity contribution in [3.05, 3.63) is 28.3 Å². The fourth-order valence-electron chi connectivity index (χ4n) is 1.85. The summed E-state index contributed by atoms with van der Waals surface area (Å²) < 4.78 is 5.12. The number of H-pyrrole nitrogens is 1. The Kier molecular flexibility index (Phi) is 2.45. The van der Waals surface area contributed by atoms with Crippen molar-refractivity contribution in [2.24, 2.45) is 0 Å². The molecule has 2 aromatic heterocycles. The third-order valence-electron chi connectivity index (χ3n) is 2.71. The van der Waals surface area contributed by atoms with Gasteiger partial charge in [-0.25, -0.2) is 5.10 Å². The highest BCUT2D eigenvalue weighted by Gasteiger charge is 2.22. The minimum absolute atomic E-state index is 0.162. The number of nitrogens with zero attached hydrogens (tertiary/aromatic N) is 3. The zero-order valence-corrected chi connectivity index (χ0v) is 9.01. The van der Waals surface area contributed by atoms with Gasteiger partial charge in [-0.3, -0.25) is 4.79 Å². The molecule has 2 N–H and O–H groups in total. The van der Waals surface area contributed by atoms with Crippen LogP contribution in [0, 0.1) is 0 Å². The van der Waals surface area contributed by atoms with Crippen molar-refractivity contribution < 1.29 is 4.52 Å². The molecular weight excluding hydrogens is 222 g/mol. The fourth-order valence-corrected chi connectivity index (χ4v) is 1.85. The maximum Gasteiger partial charge on any atom is 0.278 e. The molecule has 1 aliphatic heterocycles. The van der Waals surface area contributed by atoms with Crippen molar-refractivity contribution in [1.29, 1.82) is 0 Å². The molecule has 0 aromatic carbocycles. The highest BCUT2D eigenvalue weighted by molar-refractivity contribution is 5.44. The smallest absolute Gasteiger partial charge is 0.278 e. The molecule has 0 saturated carbocycles. The Morgan fingerprint density at radius 1 is 1.41 bits per heavy atom. The topological polar surface area (TPSA) is 96.7 Å². The van der Waals surface area contributed by atoms with Crippen LogP contribution in [0.2, 0.25) is 0 Å². The lowest BCUT2D eigenvalue weighted by atomic mass is 10.2. The van der Waals surface area contributed by atoms with Crippen LogP contribution in [0.3, 0.4) is 0 Å². The van der Waals surface area contributed by atoms with E-state index in [1.807, 2.05) is 0 Å². The number of rotatable bonds is 2. The Hall–Kier alpha value is -2.02. The zero-order chi connectivity index (χ0) is 11.7. The van der Waals surface area contributed by atoms with Gasteiger partial charge in [0.1, 0.15) is 5.69 Å². The van der Waals surface area contributed by atoms with E-state index in [-0.39, 0.29) is 11.6 Å². The van der Waals surface area contributed by atoms with E-state index in [4.69, 9.17) is 4.52 Å². The van der Waals surface area contributed by atoms with Gasteiger partial charge >= 0.3 is 0 Å². The Balaban J connectivity index is 1.89. The standard InChI is InChI=1S/C10H11N5O2/c16-8-4-3-7(13-14-8)10-12-9(15-17-10)6-2-1-5-11-6/h3-4,6,11H,1-2,5H2,(H,14,16). The van der Waals surface area contributed by atoms with E-state index in [0.717, 1.165) is 19.4 Å². The van der Waals surface area contributed by atoms with Gasteiger partial charge in [-0.15, -0.1) is 0 Å². The molecule has 2 aromatic rings. The molecule has 0 spiro atoms. The molecule has 7 heteroatoms. The summed E-state index contributed by atoms with van der Waals surface area (Å²) >= 11 is 0. The monoisotopic (exact) mass is 233 g/mol. The third-order valence-corrected chi connectivity index (χ3v) is 2.71. The molecule has 1 fully saturated rings. The Bertz CT molecular complexity index is 550. The second-order valence-corrected chi connectivity index (χ2v) is 3.91. The molecule has 17 heavy (non-hydrogen) atoms. The first-order chi connectivity index (χ1) is 8.33. The number of aromatic nitrogens is 4. The number of hydrogen-bond acceptors (Lipinski definition) is 6. The van der Waals surface area contributed by atoms with E-state index in [2.05, 4.69) is 25.7 Å². The van der Waals surface area contributed by atoms with Gasteiger partial charge in [0.25, 0.3) is 11.4 Å². The maximum atomic E-state index is 10.9. The van der Waals surface area contributed by atoms with Gasteiger partial charge in [0.15, 0.2) is 5.82 Å². The Labute approximate surface area is 96.2 Å². The second-order valence-electron chi connectivity index (χ2n) is 3.91. The lowest BCUT2D eigenvalue weighted by Crippen LogP contribution is -2.14. The summed E-state index contributed by atoms with van der Waals surface area (Å²) in [7, 11) is 0. The Morgan fingerprint density at radius 2 is 2.35 bits per heavy atom. The van der Waals surface area contributed by atoms with Gasteiger partial charge in [0.05, 0.1) is 6.04 Å². The summed E-state index contributed by atoms with van der Waals surface area (Å²) in [5.41, 5.74) is 0.215. The van der Waals surface area contributed by atoms with Crippen LogP contribution in [0.4, 0.5) is 0 Å². The van der Waals surface area contributed by atoms with Gasteiger partial charge in [-0.1, -0.05) is 5.16 Å². The van der Waals surface area contributed by atoms with Crippen LogP contribution in [0.15, 0.2) is 21.5 Å². The van der Waals surface area contributed by atoms with Crippen molar-refractivity contribution in [2.75, 3.05) is 6.54 Å². The van der Waals surface area contributed by atoms with Crippen LogP contribution in [0.1, 0.15) is 24.7 Å². The molecular formula is C10H11N5O2. The molecule has 7 nitrogen and oxygen atoms in total. The van der Waals surface area contributed by atoms with Crippen molar-refractivity contribution in [2.45, 2.75) is 18.9 Å². The van der Waals surface area contributed by atoms with E-state index < -0.39 is 0 Å². The fraction of sp³-hybridized carbons (Fsp3) is 0.400. The first-order valence-corrected chi connectivity index (χ1v) is 5.46. The van der Waals surface area contributed by atoms with Crippen LogP contribution in [-0.2, 0) is 0 Å². The van der Waals surface area contributed by atoms with Crippen LogP contribution in [-0.4, -0.2) is 26.9 Å². The van der Waals surface area contributed by atoms with E-state index >= 15 is 0 Å². The van der Waals surface area contributed by atoms with E-state index in [0.29, 0.717) is 17.4 Å². The van der Waals surface area contributed by atoms with Crippen molar-refractivity contribution in [1.82, 2.24) is 25.7 Å². The summed E-state index contributed by atoms with van der Waals surface area (Å²) in [6.45, 7) is 0.978. The Morgan fingerprint density at radius 3 is 3.06 bits per heavy atom. The molecule has 1 aliphatic rings. The highest BCUT2D eigenvalue weighted by Crippen LogP contribution is 2.22. The molecule has 3 rings (SSSR count). The van der Waals surface area contributed by atoms with Crippen LogP contribution < -0.4 is 10.9 Å². The molecule has 0 amide bonds. The minimum Gasteiger partial charge on any atom is -0.332 e. The molecule has 0 aliphatic carbocycles. The molecule has 1 saturated heterocycles. The van der Waals surface area contributed by atoms with Gasteiger partial charge in [0.2, 0.25) is 0 Å². The quantitative estimate of drug-likeness (QED) is 0.771. The van der Waals surface area contributed by atoms with Gasteiger partial charge in [0, 0.05) is 6.07 Å². The molecule has 3 heterocycles. The SMILES string of the molecule is O=c1ccc(-c2nc(C3CCCN3)no2)n[nH]1. The molecule has 88 valence electrons. The lowest BCUT2D eigenvalue weighted by molar-refractivity contribution is 0.411. The average Bonchev–Trinajstić information content (AvgIpc) is 3.00. The second kappa shape index (κ2) is 4.10. The highest BCUT2D eigenvalue weighted by atomic mass is 16.5. The van der Waals surface area contributed by atoms with Crippen molar-refractivity contribution in [3.63, 3.8) is 0 Å². The third kappa shape index (κ3) is 1.96. The summed E-state index contributed by atoms with van der Waals surface area (Å²) in [6, 6.07) is 3.09. The summed E-state index contributed by atoms with van der Waals surface area (Å²) in [6.07, 6.45) is 2.13. The number of aromatic amines is 1. The van der Waals surface area contributed by atoms with E-state index in [1.165, 1.54) is 6.07 Å². The molecule has 1 unspecified atom stereocenters. The molecule has 0 radical (unpaired) electrons. The van der Waals surface area contributed by atoms with Crippen molar-refractivity contribution in [3.8, 4) is 11.6 Å². The number of hydrogen-bond donors (Lipinski definition) is 2. The largest absolute Gasteiger partial charge is 0.332 e. The predicted octanol–water partition coefficient (Wildman–Crippen LogP) is 0.244. The van der Waals surface area contributed by atoms with Gasteiger partial charge < -0.3 is 9.84 Å². The van der Waals surface area contributed by atoms with E-state index in [1.54, 1.807) is 6.07 Å². The van der Waals surface area contributed by atoms with E-state index in [9.17, 15) is 4.79 Å². The molecule has 0 bridgehead atoms. The van der Waals surface area contributed by atoms with Crippen LogP contribution in [0.5, 0.6) is 0 Å². The summed E-state index contributed by atoms with van der Waals surface area (Å²) in [5.74, 6) is 0.968. The van der Waals surface area contributed by atoms with Gasteiger partial charge in [-0.05, 0) is 25.5 Å². The van der Waals surface area contributed by atoms with Gasteiger partial charge in [-0.2, -0.15) is 10.1 Å². The maximum absolute atomic E-state index is 10.9. The minimum atomic E-state index is -0.258. The average molecular weight is 233 g/mol. The summed E-state index contributed by atoms with van der Waals surface area (Å²) in [5, 5.41) is 13.4. The first kappa shape index (κ1) is 10.2.